The number of alkyl halides is 1. The smallest absolute Gasteiger partial charge is 0.273 e. The Morgan fingerprint density at radius 1 is 1.30 bits per heavy atom. The van der Waals surface area contributed by atoms with E-state index in [1.807, 2.05) is 12.1 Å². The second kappa shape index (κ2) is 7.04. The number of halogens is 1. The minimum atomic E-state index is -0.320. The van der Waals surface area contributed by atoms with Crippen molar-refractivity contribution in [3.05, 3.63) is 33.9 Å². The fourth-order valence-electron chi connectivity index (χ4n) is 2.60. The quantitative estimate of drug-likeness (QED) is 0.469. The summed E-state index contributed by atoms with van der Waals surface area (Å²) in [5, 5.41) is 11.5. The molecule has 1 fully saturated rings. The third-order valence-electron chi connectivity index (χ3n) is 3.68. The van der Waals surface area contributed by atoms with Crippen LogP contribution in [-0.4, -0.2) is 42.5 Å². The first-order valence-electron chi connectivity index (χ1n) is 6.96. The number of rotatable bonds is 5. The van der Waals surface area contributed by atoms with Gasteiger partial charge in [0.05, 0.1) is 4.92 Å². The highest BCUT2D eigenvalue weighted by atomic mass is 79.9. The first-order chi connectivity index (χ1) is 9.65. The molecule has 6 heteroatoms. The van der Waals surface area contributed by atoms with Crippen LogP contribution in [0.2, 0.25) is 0 Å². The molecule has 0 N–H and O–H groups in total. The summed E-state index contributed by atoms with van der Waals surface area (Å²) in [6, 6.07) is 5.41. The van der Waals surface area contributed by atoms with Crippen LogP contribution in [0.3, 0.4) is 0 Å². The van der Waals surface area contributed by atoms with Gasteiger partial charge in [-0.1, -0.05) is 22.9 Å². The van der Waals surface area contributed by atoms with Crippen molar-refractivity contribution in [2.75, 3.05) is 37.6 Å². The molecule has 1 aromatic rings. The first kappa shape index (κ1) is 15.3. The lowest BCUT2D eigenvalue weighted by Crippen LogP contribution is -2.46. The Kier molecular flexibility index (Phi) is 5.37. The lowest BCUT2D eigenvalue weighted by atomic mass is 10.1. The molecule has 0 bridgehead atoms. The summed E-state index contributed by atoms with van der Waals surface area (Å²) in [6.45, 7) is 7.45. The summed E-state index contributed by atoms with van der Waals surface area (Å²) in [5.74, 6) is 0. The number of anilines is 1. The van der Waals surface area contributed by atoms with E-state index in [0.29, 0.717) is 5.33 Å². The van der Waals surface area contributed by atoms with E-state index in [2.05, 4.69) is 32.7 Å². The van der Waals surface area contributed by atoms with E-state index >= 15 is 0 Å². The van der Waals surface area contributed by atoms with Crippen LogP contribution >= 0.6 is 15.9 Å². The van der Waals surface area contributed by atoms with Gasteiger partial charge in [0.25, 0.3) is 5.69 Å². The summed E-state index contributed by atoms with van der Waals surface area (Å²) in [7, 11) is 0. The zero-order valence-electron chi connectivity index (χ0n) is 11.7. The van der Waals surface area contributed by atoms with E-state index in [1.54, 1.807) is 6.07 Å². The van der Waals surface area contributed by atoms with Gasteiger partial charge >= 0.3 is 0 Å². The predicted molar refractivity (Wildman–Crippen MR) is 84.7 cm³/mol. The molecule has 0 unspecified atom stereocenters. The lowest BCUT2D eigenvalue weighted by molar-refractivity contribution is -0.385. The summed E-state index contributed by atoms with van der Waals surface area (Å²) in [5.41, 5.74) is 2.01. The van der Waals surface area contributed by atoms with Crippen LogP contribution in [0.1, 0.15) is 18.9 Å². The van der Waals surface area contributed by atoms with E-state index in [0.717, 1.165) is 44.0 Å². The number of piperazine rings is 1. The molecule has 0 aromatic heterocycles. The number of hydrogen-bond acceptors (Lipinski definition) is 4. The summed E-state index contributed by atoms with van der Waals surface area (Å²) >= 11 is 3.33. The Labute approximate surface area is 127 Å². The van der Waals surface area contributed by atoms with E-state index in [9.17, 15) is 10.1 Å². The van der Waals surface area contributed by atoms with Crippen molar-refractivity contribution in [3.63, 3.8) is 0 Å². The van der Waals surface area contributed by atoms with E-state index in [-0.39, 0.29) is 10.6 Å². The van der Waals surface area contributed by atoms with Crippen molar-refractivity contribution in [3.8, 4) is 0 Å². The molecule has 0 saturated carbocycles. The van der Waals surface area contributed by atoms with Crippen molar-refractivity contribution >= 4 is 27.3 Å². The second-order valence-electron chi connectivity index (χ2n) is 5.03. The van der Waals surface area contributed by atoms with Gasteiger partial charge in [0.15, 0.2) is 0 Å². The largest absolute Gasteiger partial charge is 0.369 e. The third kappa shape index (κ3) is 3.49. The van der Waals surface area contributed by atoms with Gasteiger partial charge in [0, 0.05) is 48.8 Å². The molecule has 0 atom stereocenters. The molecule has 20 heavy (non-hydrogen) atoms. The van der Waals surface area contributed by atoms with Crippen LogP contribution in [-0.2, 0) is 5.33 Å². The molecule has 1 saturated heterocycles. The number of nitro groups is 1. The zero-order chi connectivity index (χ0) is 14.5. The molecule has 0 amide bonds. The van der Waals surface area contributed by atoms with Gasteiger partial charge in [0.2, 0.25) is 0 Å². The summed E-state index contributed by atoms with van der Waals surface area (Å²) in [4.78, 5) is 15.4. The SMILES string of the molecule is CCCN1CCN(c2ccc([N+](=O)[O-])c(CBr)c2)CC1. The Bertz CT molecular complexity index is 473. The second-order valence-corrected chi connectivity index (χ2v) is 5.59. The van der Waals surface area contributed by atoms with Gasteiger partial charge in [0.1, 0.15) is 0 Å². The predicted octanol–water partition coefficient (Wildman–Crippen LogP) is 3.02. The maximum absolute atomic E-state index is 10.9. The molecule has 2 rings (SSSR count). The molecule has 5 nitrogen and oxygen atoms in total. The van der Waals surface area contributed by atoms with E-state index in [1.165, 1.54) is 6.42 Å². The average molecular weight is 342 g/mol. The molecular weight excluding hydrogens is 322 g/mol. The normalized spacial score (nSPS) is 16.4. The maximum Gasteiger partial charge on any atom is 0.273 e. The molecular formula is C14H20BrN3O2. The molecule has 0 radical (unpaired) electrons. The van der Waals surface area contributed by atoms with E-state index < -0.39 is 0 Å². The van der Waals surface area contributed by atoms with Crippen molar-refractivity contribution in [1.29, 1.82) is 0 Å². The van der Waals surface area contributed by atoms with Crippen molar-refractivity contribution in [1.82, 2.24) is 4.90 Å². The molecule has 0 aliphatic carbocycles. The van der Waals surface area contributed by atoms with Crippen LogP contribution in [0.4, 0.5) is 11.4 Å². The number of hydrogen-bond donors (Lipinski definition) is 0. The monoisotopic (exact) mass is 341 g/mol. The molecule has 1 aromatic carbocycles. The van der Waals surface area contributed by atoms with E-state index in [4.69, 9.17) is 0 Å². The third-order valence-corrected chi connectivity index (χ3v) is 4.29. The minimum Gasteiger partial charge on any atom is -0.369 e. The van der Waals surface area contributed by atoms with Gasteiger partial charge in [-0.05, 0) is 25.1 Å². The lowest BCUT2D eigenvalue weighted by Gasteiger charge is -2.36. The molecule has 1 aliphatic rings. The summed E-state index contributed by atoms with van der Waals surface area (Å²) < 4.78 is 0. The Morgan fingerprint density at radius 2 is 2.00 bits per heavy atom. The summed E-state index contributed by atoms with van der Waals surface area (Å²) in [6.07, 6.45) is 1.19. The van der Waals surface area contributed by atoms with Gasteiger partial charge < -0.3 is 4.90 Å². The van der Waals surface area contributed by atoms with Crippen LogP contribution < -0.4 is 4.90 Å². The van der Waals surface area contributed by atoms with Gasteiger partial charge in [-0.25, -0.2) is 0 Å². The minimum absolute atomic E-state index is 0.190. The molecule has 0 spiro atoms. The molecule has 1 heterocycles. The highest BCUT2D eigenvalue weighted by molar-refractivity contribution is 9.08. The molecule has 1 aliphatic heterocycles. The average Bonchev–Trinajstić information content (AvgIpc) is 2.47. The fourth-order valence-corrected chi connectivity index (χ4v) is 3.05. The maximum atomic E-state index is 10.9. The Morgan fingerprint density at radius 3 is 2.55 bits per heavy atom. The zero-order valence-corrected chi connectivity index (χ0v) is 13.3. The molecule has 110 valence electrons. The number of nitrogens with zero attached hydrogens (tertiary/aromatic N) is 3. The van der Waals surface area contributed by atoms with Gasteiger partial charge in [-0.3, -0.25) is 15.0 Å². The fraction of sp³-hybridized carbons (Fsp3) is 0.571. The number of benzene rings is 1. The van der Waals surface area contributed by atoms with Crippen LogP contribution in [0.5, 0.6) is 0 Å². The van der Waals surface area contributed by atoms with Crippen LogP contribution in [0.15, 0.2) is 18.2 Å². The van der Waals surface area contributed by atoms with Crippen molar-refractivity contribution < 1.29 is 4.92 Å². The van der Waals surface area contributed by atoms with Crippen LogP contribution in [0, 0.1) is 10.1 Å². The first-order valence-corrected chi connectivity index (χ1v) is 8.08. The Balaban J connectivity index is 2.08. The standard InChI is InChI=1S/C14H20BrN3O2/c1-2-5-16-6-8-17(9-7-16)13-3-4-14(18(19)20)12(10-13)11-15/h3-4,10H,2,5-9,11H2,1H3. The van der Waals surface area contributed by atoms with Crippen molar-refractivity contribution in [2.45, 2.75) is 18.7 Å². The topological polar surface area (TPSA) is 49.6 Å². The highest BCUT2D eigenvalue weighted by Gasteiger charge is 2.19. The number of nitro benzene ring substituents is 1. The van der Waals surface area contributed by atoms with Gasteiger partial charge in [-0.2, -0.15) is 0 Å². The van der Waals surface area contributed by atoms with Crippen LogP contribution in [0.25, 0.3) is 0 Å². The van der Waals surface area contributed by atoms with Crippen molar-refractivity contribution in [2.24, 2.45) is 0 Å². The highest BCUT2D eigenvalue weighted by Crippen LogP contribution is 2.27. The Hall–Kier alpha value is -1.14. The van der Waals surface area contributed by atoms with Gasteiger partial charge in [-0.15, -0.1) is 0 Å².